The van der Waals surface area contributed by atoms with Crippen LogP contribution >= 0.6 is 0 Å². The van der Waals surface area contributed by atoms with Gasteiger partial charge in [-0.15, -0.1) is 6.58 Å². The van der Waals surface area contributed by atoms with Crippen molar-refractivity contribution >= 4 is 35.2 Å². The first kappa shape index (κ1) is 51.9. The highest BCUT2D eigenvalue weighted by Gasteiger charge is 2.65. The number of unbranched alkanes of at least 4 members (excludes halogenated alkanes) is 2. The number of nitro groups is 1. The Balaban J connectivity index is 1.29. The largest absolute Gasteiger partial charge is 0.497 e. The van der Waals surface area contributed by atoms with Gasteiger partial charge in [-0.05, 0) is 122 Å². The topological polar surface area (TPSA) is 219 Å². The van der Waals surface area contributed by atoms with Crippen LogP contribution in [0.4, 0.5) is 16.2 Å². The number of anilines is 1. The van der Waals surface area contributed by atoms with Crippen LogP contribution in [0.15, 0.2) is 114 Å². The van der Waals surface area contributed by atoms with E-state index in [1.807, 2.05) is 25.1 Å². The zero-order valence-electron chi connectivity index (χ0n) is 41.2. The van der Waals surface area contributed by atoms with Gasteiger partial charge >= 0.3 is 6.09 Å². The fourth-order valence-corrected chi connectivity index (χ4v) is 10.5. The number of nitrogens with zero attached hydrogens (tertiary/aromatic N) is 3. The average Bonchev–Trinajstić information content (AvgIpc) is 3.88. The van der Waals surface area contributed by atoms with Crippen molar-refractivity contribution in [2.45, 2.75) is 76.2 Å². The SMILES string of the molecule is C=CCO[C@@]12Oc3ccc(OC(=O)Nc4ccc(OC)cc4OC)cc3[C@H]3[C@H](CCCCO)[C@@H](CCCCO)C=C(C(=NOCC)C[C@@H]1N(Cc1ccc4c(c1)OCO4)C(=O)C=Cc1ccc([N+](=O)[O-])cc1)[C@H]32. The molecule has 1 fully saturated rings. The molecular formula is C55H62N4O14. The van der Waals surface area contributed by atoms with Gasteiger partial charge in [0.1, 0.15) is 35.6 Å². The lowest BCUT2D eigenvalue weighted by molar-refractivity contribution is -0.384. The van der Waals surface area contributed by atoms with E-state index in [0.717, 1.165) is 29.5 Å². The Morgan fingerprint density at radius 3 is 2.41 bits per heavy atom. The van der Waals surface area contributed by atoms with Crippen LogP contribution in [0.2, 0.25) is 0 Å². The zero-order chi connectivity index (χ0) is 51.5. The number of methoxy groups -OCH3 is 2. The number of amides is 2. The van der Waals surface area contributed by atoms with Crippen molar-refractivity contribution in [3.63, 3.8) is 0 Å². The summed E-state index contributed by atoms with van der Waals surface area (Å²) in [4.78, 5) is 47.6. The number of carbonyl (C=O) groups excluding carboxylic acids is 2. The predicted molar refractivity (Wildman–Crippen MR) is 271 cm³/mol. The van der Waals surface area contributed by atoms with Crippen LogP contribution in [0, 0.1) is 27.9 Å². The molecule has 4 aliphatic rings. The summed E-state index contributed by atoms with van der Waals surface area (Å²) in [6, 6.07) is 20.7. The van der Waals surface area contributed by atoms with E-state index in [1.165, 1.54) is 32.4 Å². The summed E-state index contributed by atoms with van der Waals surface area (Å²) >= 11 is 0. The Morgan fingerprint density at radius 1 is 0.932 bits per heavy atom. The van der Waals surface area contributed by atoms with E-state index >= 15 is 4.79 Å². The number of carbonyl (C=O) groups is 2. The minimum absolute atomic E-state index is 0.00675. The maximum atomic E-state index is 15.3. The summed E-state index contributed by atoms with van der Waals surface area (Å²) in [5.41, 5.74) is 3.73. The van der Waals surface area contributed by atoms with Crippen molar-refractivity contribution in [3.8, 4) is 34.5 Å². The number of non-ortho nitro benzene ring substituents is 1. The molecule has 2 aliphatic heterocycles. The zero-order valence-corrected chi connectivity index (χ0v) is 41.2. The molecule has 18 heteroatoms. The number of allylic oxidation sites excluding steroid dienone is 1. The fraction of sp³-hybridized carbons (Fsp3) is 0.400. The van der Waals surface area contributed by atoms with Gasteiger partial charge in [0.25, 0.3) is 5.69 Å². The van der Waals surface area contributed by atoms with E-state index in [-0.39, 0.29) is 69.5 Å². The third kappa shape index (κ3) is 11.5. The summed E-state index contributed by atoms with van der Waals surface area (Å²) in [5.74, 6) is -0.600. The molecule has 0 bridgehead atoms. The Labute approximate surface area is 423 Å². The van der Waals surface area contributed by atoms with Crippen LogP contribution in [0.1, 0.15) is 74.5 Å². The number of hydrogen-bond donors (Lipinski definition) is 3. The van der Waals surface area contributed by atoms with Gasteiger partial charge < -0.3 is 53.1 Å². The molecular weight excluding hydrogens is 941 g/mol. The normalized spacial score (nSPS) is 21.8. The lowest BCUT2D eigenvalue weighted by Crippen LogP contribution is -2.70. The highest BCUT2D eigenvalue weighted by atomic mass is 16.7. The van der Waals surface area contributed by atoms with Gasteiger partial charge in [0.05, 0.1) is 43.1 Å². The number of aliphatic hydroxyl groups is 2. The van der Waals surface area contributed by atoms with E-state index in [0.29, 0.717) is 71.4 Å². The lowest BCUT2D eigenvalue weighted by Gasteiger charge is -2.60. The first-order chi connectivity index (χ1) is 35.5. The van der Waals surface area contributed by atoms with Gasteiger partial charge in [-0.25, -0.2) is 4.79 Å². The number of hydrogen-bond acceptors (Lipinski definition) is 15. The van der Waals surface area contributed by atoms with Gasteiger partial charge in [0, 0.05) is 61.9 Å². The minimum Gasteiger partial charge on any atom is -0.497 e. The smallest absolute Gasteiger partial charge is 0.417 e. The Kier molecular flexibility index (Phi) is 17.0. The second-order valence-electron chi connectivity index (χ2n) is 18.1. The van der Waals surface area contributed by atoms with Crippen molar-refractivity contribution in [1.29, 1.82) is 0 Å². The molecule has 4 aromatic rings. The van der Waals surface area contributed by atoms with Crippen LogP contribution in [-0.2, 0) is 20.9 Å². The maximum Gasteiger partial charge on any atom is 0.417 e. The number of fused-ring (bicyclic) bond motifs is 3. The summed E-state index contributed by atoms with van der Waals surface area (Å²) in [5, 5.41) is 39.1. The maximum absolute atomic E-state index is 15.3. The Bertz CT molecular complexity index is 2720. The molecule has 0 radical (unpaired) electrons. The molecule has 1 saturated carbocycles. The molecule has 0 aromatic heterocycles. The molecule has 6 atom stereocenters. The molecule has 8 rings (SSSR count). The Hall–Kier alpha value is -7.41. The summed E-state index contributed by atoms with van der Waals surface area (Å²) in [7, 11) is 3.02. The lowest BCUT2D eigenvalue weighted by atomic mass is 9.55. The van der Waals surface area contributed by atoms with Crippen molar-refractivity contribution in [1.82, 2.24) is 4.90 Å². The molecule has 0 saturated heterocycles. The standard InChI is InChI=1S/C55H62N4O14/c1-5-27-70-55-50(58(33-36-15-22-47-49(28-36)69-34-68-47)51(62)24-16-35-13-17-38(18-14-35)59(64)65)32-45(57-71-6-2)42-29-37(11-7-9-25-60)41(12-8-10-26-61)52(53(42)55)43-30-40(20-23-46(43)73-55)72-54(63)56-44-21-19-39(66-3)31-48(44)67-4/h5,13-24,28-31,37,41,50,52-53,60-61H,1,6-12,25-27,32-34H2,2-4H3,(H,56,63)/t37-,41+,50-,52+,53+,55+/m0/s1. The third-order valence-corrected chi connectivity index (χ3v) is 13.8. The molecule has 2 amide bonds. The molecule has 0 spiro atoms. The second-order valence-corrected chi connectivity index (χ2v) is 18.1. The van der Waals surface area contributed by atoms with Crippen molar-refractivity contribution in [3.05, 3.63) is 136 Å². The summed E-state index contributed by atoms with van der Waals surface area (Å²) < 4.78 is 42.8. The number of nitrogens with one attached hydrogen (secondary N) is 1. The molecule has 4 aromatic carbocycles. The van der Waals surface area contributed by atoms with E-state index in [9.17, 15) is 25.1 Å². The van der Waals surface area contributed by atoms with E-state index in [1.54, 1.807) is 65.6 Å². The molecule has 2 aliphatic carbocycles. The van der Waals surface area contributed by atoms with Crippen LogP contribution < -0.4 is 33.7 Å². The monoisotopic (exact) mass is 1000 g/mol. The van der Waals surface area contributed by atoms with Gasteiger partial charge in [0.2, 0.25) is 18.5 Å². The van der Waals surface area contributed by atoms with E-state index in [4.69, 9.17) is 43.2 Å². The number of benzene rings is 4. The molecule has 3 N–H and O–H groups in total. The van der Waals surface area contributed by atoms with Crippen LogP contribution in [0.3, 0.4) is 0 Å². The third-order valence-electron chi connectivity index (χ3n) is 13.8. The quantitative estimate of drug-likeness (QED) is 0.0207. The first-order valence-corrected chi connectivity index (χ1v) is 24.6. The van der Waals surface area contributed by atoms with Gasteiger partial charge in [-0.3, -0.25) is 20.2 Å². The first-order valence-electron chi connectivity index (χ1n) is 24.6. The molecule has 386 valence electrons. The molecule has 73 heavy (non-hydrogen) atoms. The van der Waals surface area contributed by atoms with Crippen LogP contribution in [-0.4, -0.2) is 97.0 Å². The summed E-state index contributed by atoms with van der Waals surface area (Å²) in [6.45, 7) is 6.31. The van der Waals surface area contributed by atoms with Gasteiger partial charge in [0.15, 0.2) is 11.5 Å². The second kappa shape index (κ2) is 23.9. The van der Waals surface area contributed by atoms with Crippen LogP contribution in [0.5, 0.6) is 34.5 Å². The average molecular weight is 1000 g/mol. The number of aliphatic hydroxyl groups excluding tert-OH is 2. The Morgan fingerprint density at radius 2 is 1.68 bits per heavy atom. The van der Waals surface area contributed by atoms with E-state index in [2.05, 4.69) is 18.0 Å². The highest BCUT2D eigenvalue weighted by molar-refractivity contribution is 6.03. The number of nitro benzene ring substituents is 1. The molecule has 0 unspecified atom stereocenters. The van der Waals surface area contributed by atoms with E-state index < -0.39 is 40.6 Å². The van der Waals surface area contributed by atoms with Crippen molar-refractivity contribution < 1.29 is 62.7 Å². The van der Waals surface area contributed by atoms with Crippen LogP contribution in [0.25, 0.3) is 6.08 Å². The predicted octanol–water partition coefficient (Wildman–Crippen LogP) is 9.35. The number of rotatable bonds is 23. The number of oxime groups is 1. The van der Waals surface area contributed by atoms with Gasteiger partial charge in [-0.1, -0.05) is 36.2 Å². The van der Waals surface area contributed by atoms with Crippen molar-refractivity contribution in [2.75, 3.05) is 52.8 Å². The van der Waals surface area contributed by atoms with Crippen molar-refractivity contribution in [2.24, 2.45) is 22.9 Å². The summed E-state index contributed by atoms with van der Waals surface area (Å²) in [6.07, 6.45) is 10.3. The highest BCUT2D eigenvalue weighted by Crippen LogP contribution is 2.62. The fourth-order valence-electron chi connectivity index (χ4n) is 10.5. The van der Waals surface area contributed by atoms with Gasteiger partial charge in [-0.2, -0.15) is 0 Å². The number of ether oxygens (including phenoxy) is 7. The molecule has 18 nitrogen and oxygen atoms in total. The molecule has 2 heterocycles. The minimum atomic E-state index is -1.62.